The lowest BCUT2D eigenvalue weighted by Gasteiger charge is -2.19. The van der Waals surface area contributed by atoms with Gasteiger partial charge in [0.2, 0.25) is 0 Å². The molecule has 0 aliphatic heterocycles. The highest BCUT2D eigenvalue weighted by molar-refractivity contribution is 6.31. The minimum Gasteiger partial charge on any atom is -0.493 e. The summed E-state index contributed by atoms with van der Waals surface area (Å²) in [5.74, 6) is 0.0431. The van der Waals surface area contributed by atoms with E-state index in [1.54, 1.807) is 6.07 Å². The number of halogens is 1. The van der Waals surface area contributed by atoms with Crippen LogP contribution in [0.1, 0.15) is 57.6 Å². The van der Waals surface area contributed by atoms with Gasteiger partial charge in [-0.05, 0) is 42.5 Å². The van der Waals surface area contributed by atoms with Crippen LogP contribution in [0.5, 0.6) is 5.75 Å². The Bertz CT molecular complexity index is 533. The van der Waals surface area contributed by atoms with E-state index in [1.165, 1.54) is 6.08 Å². The van der Waals surface area contributed by atoms with E-state index in [2.05, 4.69) is 13.8 Å². The first-order chi connectivity index (χ1) is 9.90. The van der Waals surface area contributed by atoms with Crippen molar-refractivity contribution in [1.29, 1.82) is 0 Å². The molecular formula is C17H23ClO3. The van der Waals surface area contributed by atoms with Gasteiger partial charge in [-0.2, -0.15) is 0 Å². The van der Waals surface area contributed by atoms with Gasteiger partial charge in [0.05, 0.1) is 6.61 Å². The second kappa shape index (κ2) is 8.08. The fraction of sp³-hybridized carbons (Fsp3) is 0.471. The minimum atomic E-state index is -0.952. The molecule has 1 aromatic carbocycles. The summed E-state index contributed by atoms with van der Waals surface area (Å²) in [5, 5.41) is 9.69. The van der Waals surface area contributed by atoms with Crippen molar-refractivity contribution in [3.05, 3.63) is 34.4 Å². The van der Waals surface area contributed by atoms with Gasteiger partial charge >= 0.3 is 5.97 Å². The van der Waals surface area contributed by atoms with Crippen molar-refractivity contribution in [2.45, 2.75) is 46.5 Å². The smallest absolute Gasteiger partial charge is 0.328 e. The zero-order valence-electron chi connectivity index (χ0n) is 13.1. The van der Waals surface area contributed by atoms with Gasteiger partial charge in [-0.3, -0.25) is 0 Å². The number of ether oxygens (including phenoxy) is 1. The molecule has 0 aromatic heterocycles. The molecule has 0 saturated heterocycles. The number of carboxylic acids is 1. The molecule has 1 rings (SSSR count). The number of aliphatic carboxylic acids is 1. The van der Waals surface area contributed by atoms with E-state index < -0.39 is 5.97 Å². The summed E-state index contributed by atoms with van der Waals surface area (Å²) >= 11 is 6.22. The summed E-state index contributed by atoms with van der Waals surface area (Å²) in [4.78, 5) is 11.1. The van der Waals surface area contributed by atoms with E-state index in [9.17, 15) is 4.79 Å². The van der Waals surface area contributed by atoms with Crippen LogP contribution in [0.2, 0.25) is 5.02 Å². The average Bonchev–Trinajstić information content (AvgIpc) is 2.39. The monoisotopic (exact) mass is 310 g/mol. The van der Waals surface area contributed by atoms with Crippen molar-refractivity contribution < 1.29 is 14.6 Å². The molecule has 0 unspecified atom stereocenters. The van der Waals surface area contributed by atoms with Crippen LogP contribution < -0.4 is 4.74 Å². The van der Waals surface area contributed by atoms with E-state index in [4.69, 9.17) is 21.4 Å². The lowest BCUT2D eigenvalue weighted by Crippen LogP contribution is -2.04. The minimum absolute atomic E-state index is 0.247. The lowest BCUT2D eigenvalue weighted by molar-refractivity contribution is -0.131. The Morgan fingerprint density at radius 1 is 1.38 bits per heavy atom. The number of hydrogen-bond donors (Lipinski definition) is 1. The number of carbonyl (C=O) groups is 1. The molecule has 0 spiro atoms. The molecule has 0 saturated carbocycles. The number of rotatable bonds is 7. The summed E-state index contributed by atoms with van der Waals surface area (Å²) in [6.07, 6.45) is 2.78. The second-order valence-electron chi connectivity index (χ2n) is 5.22. The molecule has 0 heterocycles. The maximum Gasteiger partial charge on any atom is 0.328 e. The average molecular weight is 311 g/mol. The second-order valence-corrected chi connectivity index (χ2v) is 5.65. The summed E-state index contributed by atoms with van der Waals surface area (Å²) in [5.41, 5.74) is 2.54. The third kappa shape index (κ3) is 4.78. The fourth-order valence-corrected chi connectivity index (χ4v) is 2.52. The Morgan fingerprint density at radius 3 is 2.52 bits per heavy atom. The molecule has 0 radical (unpaired) electrons. The van der Waals surface area contributed by atoms with E-state index >= 15 is 0 Å². The molecule has 0 amide bonds. The zero-order chi connectivity index (χ0) is 16.0. The van der Waals surface area contributed by atoms with E-state index in [0.29, 0.717) is 18.1 Å². The summed E-state index contributed by atoms with van der Waals surface area (Å²) in [6.45, 7) is 8.60. The van der Waals surface area contributed by atoms with Crippen molar-refractivity contribution in [2.24, 2.45) is 0 Å². The standard InChI is InChI=1S/C17H23ClO3/c1-5-7-12(8-16(19)20)15-10-13(18)9-14(11(3)4)17(15)21-6-2/h8-11H,5-7H2,1-4H3,(H,19,20)/b12-8+. The Kier molecular flexibility index (Phi) is 6.76. The summed E-state index contributed by atoms with van der Waals surface area (Å²) < 4.78 is 5.80. The third-order valence-electron chi connectivity index (χ3n) is 3.16. The van der Waals surface area contributed by atoms with Gasteiger partial charge in [-0.25, -0.2) is 4.79 Å². The highest BCUT2D eigenvalue weighted by Crippen LogP contribution is 2.38. The first kappa shape index (κ1) is 17.6. The lowest BCUT2D eigenvalue weighted by atomic mass is 9.93. The summed E-state index contributed by atoms with van der Waals surface area (Å²) in [7, 11) is 0. The predicted octanol–water partition coefficient (Wildman–Crippen LogP) is 5.13. The van der Waals surface area contributed by atoms with Crippen molar-refractivity contribution in [3.8, 4) is 5.75 Å². The fourth-order valence-electron chi connectivity index (χ4n) is 2.29. The predicted molar refractivity (Wildman–Crippen MR) is 87.2 cm³/mol. The molecule has 1 N–H and O–H groups in total. The van der Waals surface area contributed by atoms with E-state index in [1.807, 2.05) is 19.9 Å². The van der Waals surface area contributed by atoms with Crippen LogP contribution in [-0.2, 0) is 4.79 Å². The Hall–Kier alpha value is -1.48. The molecule has 4 heteroatoms. The molecule has 0 bridgehead atoms. The quantitative estimate of drug-likeness (QED) is 0.710. The van der Waals surface area contributed by atoms with Crippen LogP contribution in [0.3, 0.4) is 0 Å². The molecule has 3 nitrogen and oxygen atoms in total. The van der Waals surface area contributed by atoms with Gasteiger partial charge in [0.1, 0.15) is 5.75 Å². The molecule has 0 atom stereocenters. The van der Waals surface area contributed by atoms with E-state index in [-0.39, 0.29) is 5.92 Å². The van der Waals surface area contributed by atoms with E-state index in [0.717, 1.165) is 28.9 Å². The normalized spacial score (nSPS) is 11.8. The molecule has 21 heavy (non-hydrogen) atoms. The molecular weight excluding hydrogens is 288 g/mol. The van der Waals surface area contributed by atoms with Crippen LogP contribution in [0.4, 0.5) is 0 Å². The highest BCUT2D eigenvalue weighted by atomic mass is 35.5. The highest BCUT2D eigenvalue weighted by Gasteiger charge is 2.17. The number of allylic oxidation sites excluding steroid dienone is 1. The maximum atomic E-state index is 11.1. The van der Waals surface area contributed by atoms with Crippen molar-refractivity contribution in [2.75, 3.05) is 6.61 Å². The summed E-state index contributed by atoms with van der Waals surface area (Å²) in [6, 6.07) is 3.69. The van der Waals surface area contributed by atoms with Gasteiger partial charge in [0.25, 0.3) is 0 Å². The molecule has 1 aromatic rings. The van der Waals surface area contributed by atoms with Crippen LogP contribution in [0.15, 0.2) is 18.2 Å². The zero-order valence-corrected chi connectivity index (χ0v) is 13.8. The van der Waals surface area contributed by atoms with Gasteiger partial charge < -0.3 is 9.84 Å². The molecule has 0 aliphatic carbocycles. The van der Waals surface area contributed by atoms with Crippen molar-refractivity contribution in [3.63, 3.8) is 0 Å². The van der Waals surface area contributed by atoms with Gasteiger partial charge in [0.15, 0.2) is 0 Å². The van der Waals surface area contributed by atoms with Crippen LogP contribution in [-0.4, -0.2) is 17.7 Å². The van der Waals surface area contributed by atoms with Gasteiger partial charge in [-0.1, -0.05) is 38.8 Å². The third-order valence-corrected chi connectivity index (χ3v) is 3.37. The first-order valence-electron chi connectivity index (χ1n) is 7.30. The van der Waals surface area contributed by atoms with Crippen molar-refractivity contribution in [1.82, 2.24) is 0 Å². The number of hydrogen-bond acceptors (Lipinski definition) is 2. The van der Waals surface area contributed by atoms with Crippen LogP contribution in [0.25, 0.3) is 5.57 Å². The molecule has 116 valence electrons. The number of carboxylic acid groups (broad SMARTS) is 1. The van der Waals surface area contributed by atoms with Crippen molar-refractivity contribution >= 4 is 23.1 Å². The Balaban J connectivity index is 3.53. The Labute approximate surface area is 131 Å². The van der Waals surface area contributed by atoms with Crippen LogP contribution in [0, 0.1) is 0 Å². The molecule has 0 fully saturated rings. The molecule has 0 aliphatic rings. The maximum absolute atomic E-state index is 11.1. The SMILES string of the molecule is CCC/C(=C\C(=O)O)c1cc(Cl)cc(C(C)C)c1OCC. The van der Waals surface area contributed by atoms with Gasteiger partial charge in [0, 0.05) is 16.7 Å². The van der Waals surface area contributed by atoms with Crippen LogP contribution >= 0.6 is 11.6 Å². The van der Waals surface area contributed by atoms with Gasteiger partial charge in [-0.15, -0.1) is 0 Å². The Morgan fingerprint density at radius 2 is 2.05 bits per heavy atom. The number of benzene rings is 1. The first-order valence-corrected chi connectivity index (χ1v) is 7.68. The topological polar surface area (TPSA) is 46.5 Å². The largest absolute Gasteiger partial charge is 0.493 e.